The topological polar surface area (TPSA) is 120 Å². The van der Waals surface area contributed by atoms with Crippen LogP contribution in [0.5, 0.6) is 5.88 Å². The molecule has 0 radical (unpaired) electrons. The average Bonchev–Trinajstić information content (AvgIpc) is 2.99. The highest BCUT2D eigenvalue weighted by atomic mass is 32.3. The van der Waals surface area contributed by atoms with E-state index in [0.29, 0.717) is 12.3 Å². The van der Waals surface area contributed by atoms with Crippen molar-refractivity contribution in [1.29, 1.82) is 0 Å². The van der Waals surface area contributed by atoms with Crippen molar-refractivity contribution in [3.63, 3.8) is 0 Å². The molecule has 0 aliphatic carbocycles. The minimum atomic E-state index is -4.92. The van der Waals surface area contributed by atoms with E-state index in [2.05, 4.69) is 14.8 Å². The van der Waals surface area contributed by atoms with Gasteiger partial charge in [-0.1, -0.05) is 4.13 Å². The number of ether oxygens (including phenoxy) is 1. The fraction of sp³-hybridized carbons (Fsp3) is 0.333. The van der Waals surface area contributed by atoms with Crippen molar-refractivity contribution in [2.24, 2.45) is 0 Å². The van der Waals surface area contributed by atoms with E-state index < -0.39 is 61.6 Å². The lowest BCUT2D eigenvalue weighted by Crippen LogP contribution is -2.31. The largest absolute Gasteiger partial charge is 0.471 e. The Morgan fingerprint density at radius 2 is 1.82 bits per heavy atom. The van der Waals surface area contributed by atoms with Crippen LogP contribution in [0.1, 0.15) is 0 Å². The highest BCUT2D eigenvalue weighted by Crippen LogP contribution is 2.22. The lowest BCUT2D eigenvalue weighted by molar-refractivity contribution is -0.142. The SMILES string of the molecule is O=S(=O)(NS(=O)(=O)c1cccnc1OCC(F)F)c1ccn(CC(F)(F)F)n1. The van der Waals surface area contributed by atoms with Crippen molar-refractivity contribution >= 4 is 20.0 Å². The number of rotatable bonds is 8. The standard InChI is InChI=1S/C12H11F5N4O5S2/c13-9(14)6-26-11-8(2-1-4-18-11)27(22,23)20-28(24,25)10-3-5-21(19-10)7-12(15,16)17/h1-5,9,20H,6-7H2. The molecule has 0 bridgehead atoms. The maximum atomic E-state index is 12.3. The summed E-state index contributed by atoms with van der Waals surface area (Å²) in [5.41, 5.74) is 0. The van der Waals surface area contributed by atoms with Crippen LogP contribution in [-0.2, 0) is 26.6 Å². The Labute approximate surface area is 155 Å². The molecule has 0 saturated carbocycles. The number of alkyl halides is 5. The van der Waals surface area contributed by atoms with Crippen LogP contribution in [0.3, 0.4) is 0 Å². The Kier molecular flexibility index (Phi) is 6.24. The third kappa shape index (κ3) is 5.83. The van der Waals surface area contributed by atoms with Gasteiger partial charge in [0.05, 0.1) is 0 Å². The predicted octanol–water partition coefficient (Wildman–Crippen LogP) is 1.15. The third-order valence-corrected chi connectivity index (χ3v) is 6.24. The molecule has 0 aromatic carbocycles. The molecule has 28 heavy (non-hydrogen) atoms. The second-order valence-corrected chi connectivity index (χ2v) is 8.60. The van der Waals surface area contributed by atoms with Crippen LogP contribution in [0.25, 0.3) is 0 Å². The van der Waals surface area contributed by atoms with Crippen molar-refractivity contribution in [2.75, 3.05) is 6.61 Å². The van der Waals surface area contributed by atoms with Crippen molar-refractivity contribution in [3.8, 4) is 5.88 Å². The summed E-state index contributed by atoms with van der Waals surface area (Å²) in [5, 5.41) is 2.16. The first kappa shape index (κ1) is 22.0. The molecule has 2 heterocycles. The van der Waals surface area contributed by atoms with Crippen molar-refractivity contribution in [3.05, 3.63) is 30.6 Å². The van der Waals surface area contributed by atoms with Gasteiger partial charge in [-0.3, -0.25) is 4.68 Å². The minimum Gasteiger partial charge on any atom is -0.471 e. The van der Waals surface area contributed by atoms with Crippen molar-refractivity contribution < 1.29 is 43.5 Å². The minimum absolute atomic E-state index is 0.252. The van der Waals surface area contributed by atoms with E-state index in [1.54, 1.807) is 0 Å². The molecule has 0 amide bonds. The first-order chi connectivity index (χ1) is 12.8. The molecule has 2 rings (SSSR count). The molecule has 2 aromatic rings. The number of pyridine rings is 1. The second-order valence-electron chi connectivity index (χ2n) is 5.07. The molecule has 0 unspecified atom stereocenters. The second kappa shape index (κ2) is 7.96. The molecule has 0 spiro atoms. The maximum Gasteiger partial charge on any atom is 0.408 e. The molecule has 0 fully saturated rings. The van der Waals surface area contributed by atoms with Gasteiger partial charge in [0, 0.05) is 12.4 Å². The van der Waals surface area contributed by atoms with Crippen LogP contribution in [0.4, 0.5) is 22.0 Å². The van der Waals surface area contributed by atoms with Crippen LogP contribution in [0.2, 0.25) is 0 Å². The summed E-state index contributed by atoms with van der Waals surface area (Å²) in [6.07, 6.45) is -5.92. The average molecular weight is 450 g/mol. The van der Waals surface area contributed by atoms with Gasteiger partial charge >= 0.3 is 6.18 Å². The number of sulfonamides is 2. The zero-order valence-corrected chi connectivity index (χ0v) is 15.1. The maximum absolute atomic E-state index is 12.3. The Hall–Kier alpha value is -2.33. The lowest BCUT2D eigenvalue weighted by Gasteiger charge is -2.11. The number of halogens is 5. The van der Waals surface area contributed by atoms with Gasteiger partial charge in [-0.05, 0) is 18.2 Å². The molecular formula is C12H11F5N4O5S2. The quantitative estimate of drug-likeness (QED) is 0.599. The predicted molar refractivity (Wildman–Crippen MR) is 81.5 cm³/mol. The van der Waals surface area contributed by atoms with E-state index in [1.807, 2.05) is 0 Å². The number of nitrogens with zero attached hydrogens (tertiary/aromatic N) is 3. The summed E-state index contributed by atoms with van der Waals surface area (Å²) in [6.45, 7) is -2.79. The number of nitrogens with one attached hydrogen (secondary N) is 1. The third-order valence-electron chi connectivity index (χ3n) is 2.82. The monoisotopic (exact) mass is 450 g/mol. The fourth-order valence-electron chi connectivity index (χ4n) is 1.82. The van der Waals surface area contributed by atoms with Gasteiger partial charge in [0.25, 0.3) is 26.5 Å². The van der Waals surface area contributed by atoms with Gasteiger partial charge < -0.3 is 4.74 Å². The highest BCUT2D eigenvalue weighted by Gasteiger charge is 2.32. The van der Waals surface area contributed by atoms with E-state index in [4.69, 9.17) is 0 Å². The summed E-state index contributed by atoms with van der Waals surface area (Å²) in [7, 11) is -9.83. The van der Waals surface area contributed by atoms with Crippen molar-refractivity contribution in [1.82, 2.24) is 18.9 Å². The van der Waals surface area contributed by atoms with E-state index in [0.717, 1.165) is 18.3 Å². The Balaban J connectivity index is 2.29. The molecule has 0 aliphatic heterocycles. The molecule has 0 atom stereocenters. The smallest absolute Gasteiger partial charge is 0.408 e. The summed E-state index contributed by atoms with van der Waals surface area (Å²) >= 11 is 0. The van der Waals surface area contributed by atoms with Gasteiger partial charge in [0.2, 0.25) is 5.88 Å². The Bertz CT molecular complexity index is 1040. The molecule has 16 heteroatoms. The van der Waals surface area contributed by atoms with Crippen LogP contribution in [0.15, 0.2) is 40.5 Å². The van der Waals surface area contributed by atoms with Gasteiger partial charge in [0.1, 0.15) is 11.4 Å². The normalized spacial score (nSPS) is 13.1. The first-order valence-electron chi connectivity index (χ1n) is 7.05. The van der Waals surface area contributed by atoms with Gasteiger partial charge in [-0.25, -0.2) is 30.6 Å². The van der Waals surface area contributed by atoms with E-state index >= 15 is 0 Å². The molecule has 9 nitrogen and oxygen atoms in total. The van der Waals surface area contributed by atoms with Gasteiger partial charge in [-0.2, -0.15) is 18.3 Å². The van der Waals surface area contributed by atoms with Crippen LogP contribution in [-0.4, -0.2) is 50.8 Å². The molecule has 1 N–H and O–H groups in total. The van der Waals surface area contributed by atoms with E-state index in [9.17, 15) is 38.8 Å². The van der Waals surface area contributed by atoms with Crippen LogP contribution < -0.4 is 8.86 Å². The van der Waals surface area contributed by atoms with Gasteiger partial charge in [-0.15, -0.1) is 0 Å². The van der Waals surface area contributed by atoms with Crippen LogP contribution in [0, 0.1) is 0 Å². The van der Waals surface area contributed by atoms with E-state index in [1.165, 1.54) is 4.13 Å². The summed E-state index contributed by atoms with van der Waals surface area (Å²) in [4.78, 5) is 2.58. The number of aromatic nitrogens is 3. The zero-order chi connectivity index (χ0) is 21.2. The molecule has 2 aromatic heterocycles. The Morgan fingerprint density at radius 1 is 1.14 bits per heavy atom. The molecular weight excluding hydrogens is 439 g/mol. The number of hydrogen-bond donors (Lipinski definition) is 1. The molecule has 156 valence electrons. The van der Waals surface area contributed by atoms with Crippen molar-refractivity contribution in [2.45, 2.75) is 29.1 Å². The lowest BCUT2D eigenvalue weighted by atomic mass is 10.5. The highest BCUT2D eigenvalue weighted by molar-refractivity contribution is 8.04. The van der Waals surface area contributed by atoms with Gasteiger partial charge in [0.15, 0.2) is 11.6 Å². The fourth-order valence-corrected chi connectivity index (χ4v) is 4.73. The summed E-state index contributed by atoms with van der Waals surface area (Å²) < 4.78 is 116. The Morgan fingerprint density at radius 3 is 2.43 bits per heavy atom. The zero-order valence-electron chi connectivity index (χ0n) is 13.5. The summed E-state index contributed by atoms with van der Waals surface area (Å²) in [5.74, 6) is -0.784. The molecule has 0 aliphatic rings. The summed E-state index contributed by atoms with van der Waals surface area (Å²) in [6, 6.07) is 2.57. The first-order valence-corrected chi connectivity index (χ1v) is 10.0. The van der Waals surface area contributed by atoms with Crippen LogP contribution >= 0.6 is 0 Å². The number of hydrogen-bond acceptors (Lipinski definition) is 7. The van der Waals surface area contributed by atoms with E-state index in [-0.39, 0.29) is 4.68 Å². The molecule has 0 saturated heterocycles.